The number of amides is 2. The second-order valence-electron chi connectivity index (χ2n) is 6.59. The fraction of sp³-hybridized carbons (Fsp3) is 0.333. The van der Waals surface area contributed by atoms with E-state index in [1.165, 1.54) is 18.3 Å². The second kappa shape index (κ2) is 5.54. The fourth-order valence-corrected chi connectivity index (χ4v) is 3.09. The van der Waals surface area contributed by atoms with Gasteiger partial charge in [0.05, 0.1) is 23.0 Å². The minimum Gasteiger partial charge on any atom is -0.324 e. The number of rotatable bonds is 4. The maximum atomic E-state index is 12.6. The van der Waals surface area contributed by atoms with Crippen molar-refractivity contribution in [3.63, 3.8) is 0 Å². The SMILES string of the molecule is CC(C)n1ncc(C(=O)ON2C(=O)c3ccccc3C2=O)c1C1CC1. The molecule has 1 aromatic carbocycles. The Hall–Kier alpha value is -2.96. The molecule has 0 saturated heterocycles. The molecular weight excluding hydrogens is 322 g/mol. The lowest BCUT2D eigenvalue weighted by Gasteiger charge is -2.14. The number of hydrogen-bond donors (Lipinski definition) is 0. The number of carbonyl (C=O) groups is 3. The molecule has 2 aliphatic rings. The number of hydrogen-bond acceptors (Lipinski definition) is 5. The number of fused-ring (bicyclic) bond motifs is 1. The Morgan fingerprint density at radius 3 is 2.28 bits per heavy atom. The highest BCUT2D eigenvalue weighted by Crippen LogP contribution is 2.42. The van der Waals surface area contributed by atoms with E-state index in [1.807, 2.05) is 13.8 Å². The van der Waals surface area contributed by atoms with E-state index in [0.717, 1.165) is 18.5 Å². The molecule has 1 aliphatic heterocycles. The van der Waals surface area contributed by atoms with Gasteiger partial charge in [-0.05, 0) is 38.8 Å². The van der Waals surface area contributed by atoms with Crippen molar-refractivity contribution in [2.75, 3.05) is 0 Å². The molecule has 0 radical (unpaired) electrons. The number of carbonyl (C=O) groups excluding carboxylic acids is 3. The first-order valence-electron chi connectivity index (χ1n) is 8.26. The van der Waals surface area contributed by atoms with Crippen LogP contribution in [-0.4, -0.2) is 32.6 Å². The first-order valence-corrected chi connectivity index (χ1v) is 8.26. The van der Waals surface area contributed by atoms with Crippen LogP contribution < -0.4 is 0 Å². The Bertz CT molecular complexity index is 860. The van der Waals surface area contributed by atoms with E-state index in [4.69, 9.17) is 4.84 Å². The van der Waals surface area contributed by atoms with Crippen LogP contribution in [-0.2, 0) is 4.84 Å². The largest absolute Gasteiger partial charge is 0.367 e. The van der Waals surface area contributed by atoms with Gasteiger partial charge in [-0.2, -0.15) is 5.10 Å². The van der Waals surface area contributed by atoms with Crippen molar-refractivity contribution in [3.05, 3.63) is 52.8 Å². The highest BCUT2D eigenvalue weighted by atomic mass is 16.7. The number of hydroxylamine groups is 2. The molecule has 1 saturated carbocycles. The summed E-state index contributed by atoms with van der Waals surface area (Å²) < 4.78 is 1.80. The Morgan fingerprint density at radius 1 is 1.16 bits per heavy atom. The Kier molecular flexibility index (Phi) is 3.45. The highest BCUT2D eigenvalue weighted by molar-refractivity contribution is 6.21. The quantitative estimate of drug-likeness (QED) is 0.800. The zero-order chi connectivity index (χ0) is 17.7. The number of benzene rings is 1. The van der Waals surface area contributed by atoms with E-state index >= 15 is 0 Å². The van der Waals surface area contributed by atoms with Crippen molar-refractivity contribution < 1.29 is 19.2 Å². The van der Waals surface area contributed by atoms with Crippen molar-refractivity contribution >= 4 is 17.8 Å². The summed E-state index contributed by atoms with van der Waals surface area (Å²) >= 11 is 0. The summed E-state index contributed by atoms with van der Waals surface area (Å²) in [6.45, 7) is 3.97. The second-order valence-corrected chi connectivity index (χ2v) is 6.59. The Morgan fingerprint density at radius 2 is 1.76 bits per heavy atom. The minimum atomic E-state index is -0.733. The van der Waals surface area contributed by atoms with Crippen LogP contribution >= 0.6 is 0 Å². The zero-order valence-corrected chi connectivity index (χ0v) is 13.9. The normalized spacial score (nSPS) is 16.5. The molecule has 2 aromatic rings. The van der Waals surface area contributed by atoms with Crippen molar-refractivity contribution in [3.8, 4) is 0 Å². The molecule has 4 rings (SSSR count). The predicted octanol–water partition coefficient (Wildman–Crippen LogP) is 2.71. The van der Waals surface area contributed by atoms with Crippen molar-refractivity contribution in [2.24, 2.45) is 0 Å². The molecule has 25 heavy (non-hydrogen) atoms. The number of nitrogens with zero attached hydrogens (tertiary/aromatic N) is 3. The molecule has 0 atom stereocenters. The molecule has 1 aromatic heterocycles. The summed E-state index contributed by atoms with van der Waals surface area (Å²) in [6, 6.07) is 6.50. The lowest BCUT2D eigenvalue weighted by molar-refractivity contribution is -0.0585. The molecule has 128 valence electrons. The summed E-state index contributed by atoms with van der Waals surface area (Å²) in [6.07, 6.45) is 3.44. The molecule has 1 fully saturated rings. The van der Waals surface area contributed by atoms with Gasteiger partial charge in [-0.1, -0.05) is 17.2 Å². The summed E-state index contributed by atoms with van der Waals surface area (Å²) in [4.78, 5) is 42.4. The first-order chi connectivity index (χ1) is 12.0. The summed E-state index contributed by atoms with van der Waals surface area (Å²) in [5.41, 5.74) is 1.60. The van der Waals surface area contributed by atoms with Gasteiger partial charge in [-0.15, -0.1) is 0 Å². The Balaban J connectivity index is 1.62. The van der Waals surface area contributed by atoms with Gasteiger partial charge in [0.25, 0.3) is 11.8 Å². The third-order valence-electron chi connectivity index (χ3n) is 4.44. The summed E-state index contributed by atoms with van der Waals surface area (Å²) in [7, 11) is 0. The van der Waals surface area contributed by atoms with E-state index in [2.05, 4.69) is 5.10 Å². The highest BCUT2D eigenvalue weighted by Gasteiger charge is 2.40. The minimum absolute atomic E-state index is 0.108. The topological polar surface area (TPSA) is 81.5 Å². The van der Waals surface area contributed by atoms with Gasteiger partial charge in [0.1, 0.15) is 5.56 Å². The third kappa shape index (κ3) is 2.43. The van der Waals surface area contributed by atoms with Crippen LogP contribution in [0.1, 0.15) is 75.4 Å². The molecule has 0 spiro atoms. The average molecular weight is 339 g/mol. The van der Waals surface area contributed by atoms with E-state index < -0.39 is 17.8 Å². The van der Waals surface area contributed by atoms with Crippen LogP contribution in [0, 0.1) is 0 Å². The monoisotopic (exact) mass is 339 g/mol. The predicted molar refractivity (Wildman–Crippen MR) is 86.9 cm³/mol. The van der Waals surface area contributed by atoms with Gasteiger partial charge in [-0.25, -0.2) is 4.79 Å². The van der Waals surface area contributed by atoms with Gasteiger partial charge in [0, 0.05) is 12.0 Å². The van der Waals surface area contributed by atoms with E-state index in [-0.39, 0.29) is 23.1 Å². The van der Waals surface area contributed by atoms with E-state index in [1.54, 1.807) is 16.8 Å². The van der Waals surface area contributed by atoms with Crippen LogP contribution in [0.25, 0.3) is 0 Å². The molecular formula is C18H17N3O4. The molecule has 0 unspecified atom stereocenters. The molecule has 0 N–H and O–H groups in total. The number of imide groups is 1. The van der Waals surface area contributed by atoms with Crippen LogP contribution in [0.15, 0.2) is 30.5 Å². The average Bonchev–Trinajstić information content (AvgIpc) is 3.30. The maximum Gasteiger partial charge on any atom is 0.367 e. The van der Waals surface area contributed by atoms with Gasteiger partial charge in [0.2, 0.25) is 0 Å². The van der Waals surface area contributed by atoms with Crippen LogP contribution in [0.5, 0.6) is 0 Å². The first kappa shape index (κ1) is 15.6. The summed E-state index contributed by atoms with van der Waals surface area (Å²) in [5.74, 6) is -1.71. The zero-order valence-electron chi connectivity index (χ0n) is 13.9. The molecule has 2 heterocycles. The molecule has 7 nitrogen and oxygen atoms in total. The molecule has 7 heteroatoms. The lowest BCUT2D eigenvalue weighted by Crippen LogP contribution is -2.32. The van der Waals surface area contributed by atoms with Crippen molar-refractivity contribution in [1.29, 1.82) is 0 Å². The number of aromatic nitrogens is 2. The van der Waals surface area contributed by atoms with Crippen LogP contribution in [0.4, 0.5) is 0 Å². The van der Waals surface area contributed by atoms with Gasteiger partial charge in [-0.3, -0.25) is 14.3 Å². The van der Waals surface area contributed by atoms with Crippen molar-refractivity contribution in [2.45, 2.75) is 38.6 Å². The smallest absolute Gasteiger partial charge is 0.324 e. The Labute approximate surface area is 144 Å². The molecule has 0 bridgehead atoms. The van der Waals surface area contributed by atoms with E-state index in [0.29, 0.717) is 10.6 Å². The third-order valence-corrected chi connectivity index (χ3v) is 4.44. The maximum absolute atomic E-state index is 12.6. The standard InChI is InChI=1S/C18H17N3O4/c1-10(2)20-15(11-7-8-11)14(9-19-20)18(24)25-21-16(22)12-5-3-4-6-13(12)17(21)23/h3-6,9-11H,7-8H2,1-2H3. The molecule has 2 amide bonds. The van der Waals surface area contributed by atoms with Gasteiger partial charge >= 0.3 is 5.97 Å². The summed E-state index contributed by atoms with van der Waals surface area (Å²) in [5, 5.41) is 4.82. The molecule has 1 aliphatic carbocycles. The van der Waals surface area contributed by atoms with Crippen LogP contribution in [0.3, 0.4) is 0 Å². The lowest BCUT2D eigenvalue weighted by atomic mass is 10.1. The van der Waals surface area contributed by atoms with Crippen molar-refractivity contribution in [1.82, 2.24) is 14.8 Å². The fourth-order valence-electron chi connectivity index (χ4n) is 3.09. The van der Waals surface area contributed by atoms with Crippen LogP contribution in [0.2, 0.25) is 0 Å². The van der Waals surface area contributed by atoms with Gasteiger partial charge in [0.15, 0.2) is 0 Å². The van der Waals surface area contributed by atoms with Gasteiger partial charge < -0.3 is 4.84 Å². The van der Waals surface area contributed by atoms with E-state index in [9.17, 15) is 14.4 Å².